The van der Waals surface area contributed by atoms with E-state index in [0.717, 1.165) is 50.1 Å². The number of para-hydroxylation sites is 1. The Morgan fingerprint density at radius 1 is 0.310 bits per heavy atom. The zero-order valence-electron chi connectivity index (χ0n) is 31.2. The van der Waals surface area contributed by atoms with Crippen molar-refractivity contribution in [3.63, 3.8) is 0 Å². The summed E-state index contributed by atoms with van der Waals surface area (Å²) in [5.41, 5.74) is 12.4. The van der Waals surface area contributed by atoms with Crippen LogP contribution < -0.4 is 4.90 Å². The number of rotatable bonds is 6. The summed E-state index contributed by atoms with van der Waals surface area (Å²) in [5, 5.41) is 7.56. The van der Waals surface area contributed by atoms with Crippen LogP contribution >= 0.6 is 22.7 Å². The van der Waals surface area contributed by atoms with Gasteiger partial charge in [0.15, 0.2) is 0 Å². The molecule has 0 saturated heterocycles. The monoisotopic (exact) mass is 775 g/mol. The lowest BCUT2D eigenvalue weighted by Gasteiger charge is -2.26. The van der Waals surface area contributed by atoms with E-state index in [0.29, 0.717) is 0 Å². The van der Waals surface area contributed by atoms with Gasteiger partial charge in [-0.25, -0.2) is 0 Å². The van der Waals surface area contributed by atoms with E-state index >= 15 is 0 Å². The Balaban J connectivity index is 0.956. The first kappa shape index (κ1) is 33.2. The van der Waals surface area contributed by atoms with E-state index < -0.39 is 0 Å². The third-order valence-corrected chi connectivity index (χ3v) is 13.8. The predicted octanol–water partition coefficient (Wildman–Crippen LogP) is 16.8. The predicted molar refractivity (Wildman–Crippen MR) is 250 cm³/mol. The first-order valence-corrected chi connectivity index (χ1v) is 21.2. The Morgan fingerprint density at radius 3 is 1.29 bits per heavy atom. The second kappa shape index (κ2) is 13.3. The fourth-order valence-electron chi connectivity index (χ4n) is 8.77. The molecule has 0 aliphatic rings. The molecule has 0 amide bonds. The highest BCUT2D eigenvalue weighted by Gasteiger charge is 2.17. The summed E-state index contributed by atoms with van der Waals surface area (Å²) >= 11 is 3.72. The summed E-state index contributed by atoms with van der Waals surface area (Å²) in [7, 11) is 0. The molecular formula is C54H33NOS2. The van der Waals surface area contributed by atoms with Crippen molar-refractivity contribution in [2.24, 2.45) is 0 Å². The van der Waals surface area contributed by atoms with Gasteiger partial charge < -0.3 is 9.32 Å². The first-order chi connectivity index (χ1) is 28.7. The summed E-state index contributed by atoms with van der Waals surface area (Å²) in [4.78, 5) is 2.37. The molecule has 9 aromatic carbocycles. The van der Waals surface area contributed by atoms with Crippen molar-refractivity contribution < 1.29 is 4.42 Å². The van der Waals surface area contributed by atoms with Crippen LogP contribution in [0, 0.1) is 0 Å². The minimum Gasteiger partial charge on any atom is -0.456 e. The molecule has 0 fully saturated rings. The number of nitrogens with zero attached hydrogens (tertiary/aromatic N) is 1. The molecule has 0 aliphatic carbocycles. The normalized spacial score (nSPS) is 11.8. The van der Waals surface area contributed by atoms with Gasteiger partial charge in [0.25, 0.3) is 0 Å². The summed E-state index contributed by atoms with van der Waals surface area (Å²) in [6.07, 6.45) is 0. The second-order valence-electron chi connectivity index (χ2n) is 14.8. The third kappa shape index (κ3) is 5.37. The molecule has 12 aromatic rings. The van der Waals surface area contributed by atoms with Crippen molar-refractivity contribution in [3.8, 4) is 33.4 Å². The van der Waals surface area contributed by atoms with Crippen LogP contribution in [-0.2, 0) is 0 Å². The Labute approximate surface area is 343 Å². The lowest BCUT2D eigenvalue weighted by Crippen LogP contribution is -2.09. The Kier molecular flexibility index (Phi) is 7.62. The zero-order valence-corrected chi connectivity index (χ0v) is 32.9. The topological polar surface area (TPSA) is 16.4 Å². The van der Waals surface area contributed by atoms with Crippen LogP contribution in [0.5, 0.6) is 0 Å². The molecule has 0 spiro atoms. The Hall–Kier alpha value is -6.98. The number of hydrogen-bond acceptors (Lipinski definition) is 4. The molecule has 3 heterocycles. The van der Waals surface area contributed by atoms with Crippen LogP contribution in [0.1, 0.15) is 0 Å². The van der Waals surface area contributed by atoms with E-state index in [1.807, 2.05) is 34.8 Å². The average Bonchev–Trinajstić information content (AvgIpc) is 3.98. The standard InChI is InChI=1S/C54H33NOS2/c1-4-14-47-43(9-1)46-33-37(25-32-48(46)56-47)34-19-26-38(27-20-34)55(39-28-21-35(22-29-39)41-12-7-17-51-53(41)44-10-2-5-15-49(44)57-51)40-30-23-36(24-31-40)42-13-8-18-52-54(42)45-11-3-6-16-50(45)58-52/h1-33H. The fourth-order valence-corrected chi connectivity index (χ4v) is 11.0. The highest BCUT2D eigenvalue weighted by molar-refractivity contribution is 7.26. The minimum atomic E-state index is 0.909. The lowest BCUT2D eigenvalue weighted by atomic mass is 9.98. The van der Waals surface area contributed by atoms with Crippen molar-refractivity contribution in [1.82, 2.24) is 0 Å². The molecule has 2 nitrogen and oxygen atoms in total. The lowest BCUT2D eigenvalue weighted by molar-refractivity contribution is 0.669. The van der Waals surface area contributed by atoms with Gasteiger partial charge in [0.1, 0.15) is 11.2 Å². The molecule has 12 rings (SSSR count). The molecule has 0 atom stereocenters. The van der Waals surface area contributed by atoms with E-state index in [-0.39, 0.29) is 0 Å². The summed E-state index contributed by atoms with van der Waals surface area (Å²) in [6.45, 7) is 0. The quantitative estimate of drug-likeness (QED) is 0.167. The fraction of sp³-hybridized carbons (Fsp3) is 0. The number of hydrogen-bond donors (Lipinski definition) is 0. The Bertz CT molecular complexity index is 3340. The van der Waals surface area contributed by atoms with Gasteiger partial charge in [-0.2, -0.15) is 0 Å². The zero-order chi connectivity index (χ0) is 38.2. The van der Waals surface area contributed by atoms with Gasteiger partial charge in [-0.15, -0.1) is 22.7 Å². The number of benzene rings is 9. The minimum absolute atomic E-state index is 0.909. The van der Waals surface area contributed by atoms with Crippen LogP contribution in [-0.4, -0.2) is 0 Å². The molecular weight excluding hydrogens is 743 g/mol. The maximum absolute atomic E-state index is 6.13. The molecule has 0 unspecified atom stereocenters. The molecule has 4 heteroatoms. The van der Waals surface area contributed by atoms with Gasteiger partial charge in [-0.1, -0.05) is 121 Å². The van der Waals surface area contributed by atoms with Crippen molar-refractivity contribution >= 4 is 102 Å². The van der Waals surface area contributed by atoms with Gasteiger partial charge >= 0.3 is 0 Å². The highest BCUT2D eigenvalue weighted by atomic mass is 32.1. The molecule has 0 radical (unpaired) electrons. The molecule has 0 saturated carbocycles. The number of anilines is 3. The Morgan fingerprint density at radius 2 is 0.741 bits per heavy atom. The van der Waals surface area contributed by atoms with Gasteiger partial charge in [-0.3, -0.25) is 0 Å². The van der Waals surface area contributed by atoms with E-state index in [4.69, 9.17) is 4.42 Å². The molecule has 3 aromatic heterocycles. The van der Waals surface area contributed by atoms with E-state index in [2.05, 4.69) is 193 Å². The van der Waals surface area contributed by atoms with Gasteiger partial charge in [0.05, 0.1) is 0 Å². The number of fused-ring (bicyclic) bond motifs is 9. The van der Waals surface area contributed by atoms with Gasteiger partial charge in [0.2, 0.25) is 0 Å². The molecule has 0 N–H and O–H groups in total. The third-order valence-electron chi connectivity index (χ3n) is 11.5. The van der Waals surface area contributed by atoms with Gasteiger partial charge in [0, 0.05) is 68.2 Å². The largest absolute Gasteiger partial charge is 0.456 e. The second-order valence-corrected chi connectivity index (χ2v) is 17.0. The van der Waals surface area contributed by atoms with Crippen molar-refractivity contribution in [1.29, 1.82) is 0 Å². The van der Waals surface area contributed by atoms with E-state index in [9.17, 15) is 0 Å². The summed E-state index contributed by atoms with van der Waals surface area (Å²) in [6, 6.07) is 72.7. The van der Waals surface area contributed by atoms with Gasteiger partial charge in [-0.05, 0) is 112 Å². The maximum atomic E-state index is 6.13. The molecule has 0 bridgehead atoms. The smallest absolute Gasteiger partial charge is 0.135 e. The summed E-state index contributed by atoms with van der Waals surface area (Å²) in [5.74, 6) is 0. The van der Waals surface area contributed by atoms with Crippen LogP contribution in [0.2, 0.25) is 0 Å². The highest BCUT2D eigenvalue weighted by Crippen LogP contribution is 2.44. The van der Waals surface area contributed by atoms with Crippen LogP contribution in [0.3, 0.4) is 0 Å². The van der Waals surface area contributed by atoms with Crippen LogP contribution in [0.25, 0.3) is 95.7 Å². The number of thiophene rings is 2. The summed E-state index contributed by atoms with van der Waals surface area (Å²) < 4.78 is 11.4. The molecule has 0 aliphatic heterocycles. The van der Waals surface area contributed by atoms with Crippen LogP contribution in [0.15, 0.2) is 205 Å². The van der Waals surface area contributed by atoms with Crippen molar-refractivity contribution in [2.45, 2.75) is 0 Å². The number of furan rings is 1. The average molecular weight is 776 g/mol. The van der Waals surface area contributed by atoms with E-state index in [1.165, 1.54) is 62.6 Å². The van der Waals surface area contributed by atoms with Crippen molar-refractivity contribution in [3.05, 3.63) is 200 Å². The SMILES string of the molecule is c1ccc2c(c1)oc1ccc(-c3ccc(N(c4ccc(-c5cccc6sc7ccccc7c56)cc4)c4ccc(-c5cccc6sc7ccccc7c56)cc4)cc3)cc12. The first-order valence-electron chi connectivity index (χ1n) is 19.6. The van der Waals surface area contributed by atoms with E-state index in [1.54, 1.807) is 0 Å². The van der Waals surface area contributed by atoms with Crippen LogP contribution in [0.4, 0.5) is 17.1 Å². The molecule has 272 valence electrons. The molecule has 58 heavy (non-hydrogen) atoms. The van der Waals surface area contributed by atoms with Crippen molar-refractivity contribution in [2.75, 3.05) is 4.90 Å². The maximum Gasteiger partial charge on any atom is 0.135 e.